The normalized spacial score (nSPS) is 28.3. The predicted molar refractivity (Wildman–Crippen MR) is 80.1 cm³/mol. The lowest BCUT2D eigenvalue weighted by atomic mass is 9.84. The minimum Gasteiger partial charge on any atom is -0.504 e. The van der Waals surface area contributed by atoms with E-state index in [0.29, 0.717) is 11.7 Å². The van der Waals surface area contributed by atoms with Crippen molar-refractivity contribution in [2.24, 2.45) is 17.8 Å². The topological polar surface area (TPSA) is 58.6 Å². The fraction of sp³-hybridized carbons (Fsp3) is 0.588. The molecule has 21 heavy (non-hydrogen) atoms. The standard InChI is InChI=1S/C17H23NO3/c1-11(14-9-12-6-7-13(14)8-12)18-17(20)10-21-16-5-3-2-4-15(16)19/h2-5,11-14,19H,6-10H2,1H3,(H,18,20)/t11-,12-,13-,14+/m0/s1. The maximum Gasteiger partial charge on any atom is 0.258 e. The van der Waals surface area contributed by atoms with Crippen LogP contribution in [0.3, 0.4) is 0 Å². The van der Waals surface area contributed by atoms with Crippen molar-refractivity contribution < 1.29 is 14.6 Å². The molecule has 0 aliphatic heterocycles. The molecule has 2 bridgehead atoms. The van der Waals surface area contributed by atoms with E-state index in [1.807, 2.05) is 0 Å². The smallest absolute Gasteiger partial charge is 0.258 e. The number of carbonyl (C=O) groups is 1. The van der Waals surface area contributed by atoms with Crippen LogP contribution in [0.2, 0.25) is 0 Å². The van der Waals surface area contributed by atoms with Crippen molar-refractivity contribution >= 4 is 5.91 Å². The first kappa shape index (κ1) is 14.2. The molecule has 2 aliphatic carbocycles. The zero-order chi connectivity index (χ0) is 14.8. The number of nitrogens with one attached hydrogen (secondary N) is 1. The van der Waals surface area contributed by atoms with Crippen LogP contribution in [0.5, 0.6) is 11.5 Å². The minimum atomic E-state index is -0.117. The van der Waals surface area contributed by atoms with Gasteiger partial charge in [0.25, 0.3) is 5.91 Å². The number of fused-ring (bicyclic) bond motifs is 2. The Bertz CT molecular complexity index is 517. The molecule has 114 valence electrons. The monoisotopic (exact) mass is 289 g/mol. The predicted octanol–water partition coefficient (Wildman–Crippen LogP) is 2.71. The third-order valence-electron chi connectivity index (χ3n) is 5.05. The summed E-state index contributed by atoms with van der Waals surface area (Å²) in [5.41, 5.74) is 0. The zero-order valence-electron chi connectivity index (χ0n) is 12.4. The molecule has 2 saturated carbocycles. The fourth-order valence-corrected chi connectivity index (χ4v) is 4.03. The van der Waals surface area contributed by atoms with Gasteiger partial charge in [0.1, 0.15) is 0 Å². The van der Waals surface area contributed by atoms with Crippen LogP contribution >= 0.6 is 0 Å². The molecule has 4 heteroatoms. The molecule has 1 amide bonds. The molecule has 2 fully saturated rings. The van der Waals surface area contributed by atoms with E-state index in [4.69, 9.17) is 4.74 Å². The summed E-state index contributed by atoms with van der Waals surface area (Å²) in [7, 11) is 0. The lowest BCUT2D eigenvalue weighted by Crippen LogP contribution is -2.42. The second-order valence-electron chi connectivity index (χ2n) is 6.45. The summed E-state index contributed by atoms with van der Waals surface area (Å²) in [6, 6.07) is 6.90. The summed E-state index contributed by atoms with van der Waals surface area (Å²) in [6.07, 6.45) is 5.30. The van der Waals surface area contributed by atoms with Crippen LogP contribution in [0.1, 0.15) is 32.6 Å². The summed E-state index contributed by atoms with van der Waals surface area (Å²) in [5, 5.41) is 12.6. The first-order valence-corrected chi connectivity index (χ1v) is 7.83. The molecule has 4 atom stereocenters. The Morgan fingerprint density at radius 1 is 1.38 bits per heavy atom. The fourth-order valence-electron chi connectivity index (χ4n) is 4.03. The molecule has 0 unspecified atom stereocenters. The second-order valence-corrected chi connectivity index (χ2v) is 6.45. The number of aromatic hydroxyl groups is 1. The molecular formula is C17H23NO3. The van der Waals surface area contributed by atoms with Crippen LogP contribution in [0.4, 0.5) is 0 Å². The van der Waals surface area contributed by atoms with Crippen LogP contribution in [-0.4, -0.2) is 23.7 Å². The first-order chi connectivity index (χ1) is 10.1. The van der Waals surface area contributed by atoms with E-state index in [2.05, 4.69) is 12.2 Å². The van der Waals surface area contributed by atoms with E-state index in [1.54, 1.807) is 24.3 Å². The molecule has 2 aliphatic rings. The van der Waals surface area contributed by atoms with Gasteiger partial charge < -0.3 is 15.2 Å². The highest BCUT2D eigenvalue weighted by atomic mass is 16.5. The maximum atomic E-state index is 12.0. The third-order valence-corrected chi connectivity index (χ3v) is 5.05. The molecule has 0 aromatic heterocycles. The number of carbonyl (C=O) groups excluding carboxylic acids is 1. The number of amides is 1. The van der Waals surface area contributed by atoms with E-state index in [0.717, 1.165) is 11.8 Å². The SMILES string of the molecule is C[C@H](NC(=O)COc1ccccc1O)[C@H]1C[C@H]2CC[C@H]1C2. The van der Waals surface area contributed by atoms with Crippen LogP contribution in [0, 0.1) is 17.8 Å². The van der Waals surface area contributed by atoms with E-state index in [9.17, 15) is 9.90 Å². The van der Waals surface area contributed by atoms with Gasteiger partial charge in [-0.05, 0) is 56.1 Å². The first-order valence-electron chi connectivity index (χ1n) is 7.83. The molecule has 1 aromatic carbocycles. The van der Waals surface area contributed by atoms with Crippen LogP contribution in [0.25, 0.3) is 0 Å². The van der Waals surface area contributed by atoms with Gasteiger partial charge in [0.2, 0.25) is 0 Å². The van der Waals surface area contributed by atoms with Crippen molar-refractivity contribution in [2.45, 2.75) is 38.6 Å². The lowest BCUT2D eigenvalue weighted by Gasteiger charge is -2.28. The highest BCUT2D eigenvalue weighted by Gasteiger charge is 2.42. The van der Waals surface area contributed by atoms with Gasteiger partial charge in [-0.2, -0.15) is 0 Å². The number of phenolic OH excluding ortho intramolecular Hbond substituents is 1. The highest BCUT2D eigenvalue weighted by molar-refractivity contribution is 5.77. The van der Waals surface area contributed by atoms with Crippen molar-refractivity contribution in [3.63, 3.8) is 0 Å². The number of phenols is 1. The Labute approximate surface area is 125 Å². The highest BCUT2D eigenvalue weighted by Crippen LogP contribution is 2.49. The maximum absolute atomic E-state index is 12.0. The Balaban J connectivity index is 1.47. The Morgan fingerprint density at radius 3 is 2.86 bits per heavy atom. The van der Waals surface area contributed by atoms with Crippen molar-refractivity contribution in [1.82, 2.24) is 5.32 Å². The van der Waals surface area contributed by atoms with Gasteiger partial charge in [-0.25, -0.2) is 0 Å². The minimum absolute atomic E-state index is 0.0528. The van der Waals surface area contributed by atoms with Crippen molar-refractivity contribution in [3.05, 3.63) is 24.3 Å². The molecular weight excluding hydrogens is 266 g/mol. The van der Waals surface area contributed by atoms with E-state index < -0.39 is 0 Å². The van der Waals surface area contributed by atoms with Crippen LogP contribution in [0.15, 0.2) is 24.3 Å². The van der Waals surface area contributed by atoms with E-state index >= 15 is 0 Å². The van der Waals surface area contributed by atoms with Gasteiger partial charge in [0.05, 0.1) is 0 Å². The molecule has 1 aromatic rings. The van der Waals surface area contributed by atoms with Gasteiger partial charge in [0.15, 0.2) is 18.1 Å². The van der Waals surface area contributed by atoms with Gasteiger partial charge >= 0.3 is 0 Å². The van der Waals surface area contributed by atoms with Crippen molar-refractivity contribution in [2.75, 3.05) is 6.61 Å². The molecule has 3 rings (SSSR count). The summed E-state index contributed by atoms with van der Waals surface area (Å²) in [5.74, 6) is 2.60. The number of benzene rings is 1. The summed E-state index contributed by atoms with van der Waals surface area (Å²) < 4.78 is 5.36. The summed E-state index contributed by atoms with van der Waals surface area (Å²) in [6.45, 7) is 2.05. The van der Waals surface area contributed by atoms with Gasteiger partial charge in [-0.15, -0.1) is 0 Å². The van der Waals surface area contributed by atoms with Crippen LogP contribution in [-0.2, 0) is 4.79 Å². The lowest BCUT2D eigenvalue weighted by molar-refractivity contribution is -0.124. The Hall–Kier alpha value is -1.71. The molecule has 0 radical (unpaired) electrons. The number of ether oxygens (including phenoxy) is 1. The summed E-state index contributed by atoms with van der Waals surface area (Å²) >= 11 is 0. The number of rotatable bonds is 5. The van der Waals surface area contributed by atoms with Crippen LogP contribution < -0.4 is 10.1 Å². The Morgan fingerprint density at radius 2 is 2.19 bits per heavy atom. The van der Waals surface area contributed by atoms with E-state index in [1.165, 1.54) is 25.7 Å². The van der Waals surface area contributed by atoms with Crippen molar-refractivity contribution in [3.8, 4) is 11.5 Å². The van der Waals surface area contributed by atoms with Gasteiger partial charge in [-0.1, -0.05) is 18.6 Å². The molecule has 0 saturated heterocycles. The molecule has 2 N–H and O–H groups in total. The molecule has 0 heterocycles. The average molecular weight is 289 g/mol. The van der Waals surface area contributed by atoms with Gasteiger partial charge in [0, 0.05) is 6.04 Å². The molecule has 0 spiro atoms. The van der Waals surface area contributed by atoms with Crippen molar-refractivity contribution in [1.29, 1.82) is 0 Å². The summed E-state index contributed by atoms with van der Waals surface area (Å²) in [4.78, 5) is 12.0. The second kappa shape index (κ2) is 5.96. The third kappa shape index (κ3) is 3.14. The van der Waals surface area contributed by atoms with Gasteiger partial charge in [-0.3, -0.25) is 4.79 Å². The Kier molecular flexibility index (Phi) is 4.04. The zero-order valence-corrected chi connectivity index (χ0v) is 12.4. The molecule has 4 nitrogen and oxygen atoms in total. The quantitative estimate of drug-likeness (QED) is 0.876. The largest absolute Gasteiger partial charge is 0.504 e. The number of hydrogen-bond acceptors (Lipinski definition) is 3. The van der Waals surface area contributed by atoms with E-state index in [-0.39, 0.29) is 24.3 Å². The number of para-hydroxylation sites is 2. The average Bonchev–Trinajstić information content (AvgIpc) is 3.09. The number of hydrogen-bond donors (Lipinski definition) is 2.